The van der Waals surface area contributed by atoms with Gasteiger partial charge in [0.15, 0.2) is 11.8 Å². The number of fused-ring (bicyclic) bond motifs is 1. The molecule has 1 heterocycles. The van der Waals surface area contributed by atoms with Crippen molar-refractivity contribution in [1.82, 2.24) is 15.3 Å². The highest BCUT2D eigenvalue weighted by Gasteiger charge is 2.14. The number of aryl methyl sites for hydroxylation is 2. The molecule has 0 bridgehead atoms. The molecule has 3 rings (SSSR count). The van der Waals surface area contributed by atoms with Gasteiger partial charge in [0, 0.05) is 11.4 Å². The Balaban J connectivity index is 1.49. The number of nitrogens with zero attached hydrogens (tertiary/aromatic N) is 2. The lowest BCUT2D eigenvalue weighted by Crippen LogP contribution is -2.31. The number of hydrogen-bond donors (Lipinski definition) is 1. The van der Waals surface area contributed by atoms with Crippen LogP contribution in [0.5, 0.6) is 0 Å². The molecule has 0 aliphatic carbocycles. The minimum Gasteiger partial charge on any atom is -0.455 e. The van der Waals surface area contributed by atoms with Gasteiger partial charge in [-0.25, -0.2) is 9.97 Å². The summed E-state index contributed by atoms with van der Waals surface area (Å²) in [4.78, 5) is 32.7. The Morgan fingerprint density at radius 2 is 1.76 bits per heavy atom. The fourth-order valence-electron chi connectivity index (χ4n) is 3.06. The van der Waals surface area contributed by atoms with Crippen molar-refractivity contribution in [3.8, 4) is 0 Å². The zero-order valence-corrected chi connectivity index (χ0v) is 17.5. The third kappa shape index (κ3) is 5.77. The Hall–Kier alpha value is -2.93. The zero-order valence-electron chi connectivity index (χ0n) is 16.6. The highest BCUT2D eigenvalue weighted by atomic mass is 32.2. The van der Waals surface area contributed by atoms with Gasteiger partial charge in [0.25, 0.3) is 5.91 Å². The van der Waals surface area contributed by atoms with Crippen molar-refractivity contribution in [2.24, 2.45) is 0 Å². The molecular weight excluding hydrogens is 386 g/mol. The maximum atomic E-state index is 12.2. The van der Waals surface area contributed by atoms with Crippen LogP contribution < -0.4 is 5.32 Å². The van der Waals surface area contributed by atoms with Crippen LogP contribution in [0.25, 0.3) is 10.8 Å². The largest absolute Gasteiger partial charge is 0.455 e. The number of carbonyl (C=O) groups is 2. The average Bonchev–Trinajstić information content (AvgIpc) is 2.69. The number of carbonyl (C=O) groups excluding carboxylic acids is 2. The smallest absolute Gasteiger partial charge is 0.316 e. The molecule has 7 heteroatoms. The van der Waals surface area contributed by atoms with Crippen molar-refractivity contribution in [2.75, 3.05) is 12.4 Å². The Morgan fingerprint density at radius 1 is 1.07 bits per heavy atom. The van der Waals surface area contributed by atoms with Crippen molar-refractivity contribution in [3.05, 3.63) is 65.5 Å². The summed E-state index contributed by atoms with van der Waals surface area (Å²) in [7, 11) is 0. The molecule has 0 unspecified atom stereocenters. The molecule has 3 aromatic rings. The second-order valence-corrected chi connectivity index (χ2v) is 7.68. The van der Waals surface area contributed by atoms with Crippen LogP contribution in [0.4, 0.5) is 0 Å². The number of esters is 1. The highest BCUT2D eigenvalue weighted by molar-refractivity contribution is 7.99. The monoisotopic (exact) mass is 409 g/mol. The molecule has 0 saturated carbocycles. The fourth-order valence-corrected chi connectivity index (χ4v) is 3.81. The standard InChI is InChI=1S/C22H23N3O3S/c1-14-11-15(2)24-22(23-14)29-13-21(27)28-12-20(26)25-16(3)18-10-6-8-17-7-4-5-9-19(17)18/h4-11,16H,12-13H2,1-3H3,(H,25,26)/t16-/m0/s1. The van der Waals surface area contributed by atoms with E-state index in [0.717, 1.165) is 27.7 Å². The fraction of sp³-hybridized carbons (Fsp3) is 0.273. The molecule has 0 spiro atoms. The van der Waals surface area contributed by atoms with E-state index in [1.54, 1.807) is 0 Å². The molecule has 0 aliphatic rings. The van der Waals surface area contributed by atoms with Crippen LogP contribution in [-0.2, 0) is 14.3 Å². The first-order valence-electron chi connectivity index (χ1n) is 9.30. The number of thioether (sulfide) groups is 1. The lowest BCUT2D eigenvalue weighted by Gasteiger charge is -2.16. The van der Waals surface area contributed by atoms with Gasteiger partial charge in [0.05, 0.1) is 11.8 Å². The summed E-state index contributed by atoms with van der Waals surface area (Å²) in [6, 6.07) is 15.7. The molecular formula is C22H23N3O3S. The van der Waals surface area contributed by atoms with Gasteiger partial charge in [0.1, 0.15) is 0 Å². The van der Waals surface area contributed by atoms with Gasteiger partial charge in [-0.1, -0.05) is 54.2 Å². The normalized spacial score (nSPS) is 11.8. The maximum absolute atomic E-state index is 12.2. The molecule has 1 atom stereocenters. The van der Waals surface area contributed by atoms with Crippen molar-refractivity contribution in [2.45, 2.75) is 32.0 Å². The van der Waals surface area contributed by atoms with E-state index in [1.165, 1.54) is 11.8 Å². The summed E-state index contributed by atoms with van der Waals surface area (Å²) < 4.78 is 5.08. The number of rotatable bonds is 7. The topological polar surface area (TPSA) is 81.2 Å². The summed E-state index contributed by atoms with van der Waals surface area (Å²) in [5.41, 5.74) is 2.70. The Kier molecular flexibility index (Phi) is 6.82. The molecule has 150 valence electrons. The van der Waals surface area contributed by atoms with Crippen molar-refractivity contribution >= 4 is 34.4 Å². The molecule has 0 aliphatic heterocycles. The van der Waals surface area contributed by atoms with Crippen LogP contribution in [0.3, 0.4) is 0 Å². The molecule has 0 saturated heterocycles. The second kappa shape index (κ2) is 9.52. The predicted molar refractivity (Wildman–Crippen MR) is 114 cm³/mol. The van der Waals surface area contributed by atoms with E-state index in [-0.39, 0.29) is 24.3 Å². The van der Waals surface area contributed by atoms with Gasteiger partial charge in [-0.15, -0.1) is 0 Å². The van der Waals surface area contributed by atoms with E-state index in [0.29, 0.717) is 5.16 Å². The minimum absolute atomic E-state index is 0.0506. The highest BCUT2D eigenvalue weighted by Crippen LogP contribution is 2.24. The van der Waals surface area contributed by atoms with Crippen LogP contribution in [0.2, 0.25) is 0 Å². The second-order valence-electron chi connectivity index (χ2n) is 6.74. The third-order valence-electron chi connectivity index (χ3n) is 4.31. The van der Waals surface area contributed by atoms with E-state index < -0.39 is 5.97 Å². The van der Waals surface area contributed by atoms with Crippen molar-refractivity contribution in [3.63, 3.8) is 0 Å². The Morgan fingerprint density at radius 3 is 2.52 bits per heavy atom. The van der Waals surface area contributed by atoms with Gasteiger partial charge in [-0.2, -0.15) is 0 Å². The first-order valence-corrected chi connectivity index (χ1v) is 10.3. The lowest BCUT2D eigenvalue weighted by molar-refractivity contribution is -0.146. The summed E-state index contributed by atoms with van der Waals surface area (Å²) in [6.45, 7) is 5.34. The minimum atomic E-state index is -0.481. The average molecular weight is 410 g/mol. The van der Waals surface area contributed by atoms with Crippen LogP contribution >= 0.6 is 11.8 Å². The summed E-state index contributed by atoms with van der Waals surface area (Å²) in [5.74, 6) is -0.771. The SMILES string of the molecule is Cc1cc(C)nc(SCC(=O)OCC(=O)N[C@@H](C)c2cccc3ccccc23)n1. The van der Waals surface area contributed by atoms with Gasteiger partial charge >= 0.3 is 5.97 Å². The number of hydrogen-bond acceptors (Lipinski definition) is 6. The first-order chi connectivity index (χ1) is 13.9. The van der Waals surface area contributed by atoms with Crippen LogP contribution in [0, 0.1) is 13.8 Å². The van der Waals surface area contributed by atoms with Gasteiger partial charge in [-0.3, -0.25) is 9.59 Å². The lowest BCUT2D eigenvalue weighted by atomic mass is 10.00. The number of amides is 1. The summed E-state index contributed by atoms with van der Waals surface area (Å²) in [5, 5.41) is 5.61. The zero-order chi connectivity index (χ0) is 20.8. The number of nitrogens with one attached hydrogen (secondary N) is 1. The van der Waals surface area contributed by atoms with Crippen molar-refractivity contribution in [1.29, 1.82) is 0 Å². The van der Waals surface area contributed by atoms with E-state index in [2.05, 4.69) is 15.3 Å². The van der Waals surface area contributed by atoms with E-state index in [9.17, 15) is 9.59 Å². The van der Waals surface area contributed by atoms with E-state index >= 15 is 0 Å². The Bertz CT molecular complexity index is 1010. The van der Waals surface area contributed by atoms with E-state index in [1.807, 2.05) is 69.3 Å². The molecule has 2 aromatic carbocycles. The maximum Gasteiger partial charge on any atom is 0.316 e. The van der Waals surface area contributed by atoms with Crippen LogP contribution in [0.1, 0.15) is 29.9 Å². The number of ether oxygens (including phenoxy) is 1. The first kappa shape index (κ1) is 20.8. The van der Waals surface area contributed by atoms with E-state index in [4.69, 9.17) is 4.74 Å². The number of benzene rings is 2. The quantitative estimate of drug-likeness (QED) is 0.364. The van der Waals surface area contributed by atoms with Gasteiger partial charge in [0.2, 0.25) is 0 Å². The molecule has 29 heavy (non-hydrogen) atoms. The third-order valence-corrected chi connectivity index (χ3v) is 5.13. The summed E-state index contributed by atoms with van der Waals surface area (Å²) >= 11 is 1.19. The molecule has 1 aromatic heterocycles. The molecule has 1 N–H and O–H groups in total. The van der Waals surface area contributed by atoms with Crippen LogP contribution in [0.15, 0.2) is 53.7 Å². The van der Waals surface area contributed by atoms with Crippen molar-refractivity contribution < 1.29 is 14.3 Å². The number of aromatic nitrogens is 2. The molecule has 0 radical (unpaired) electrons. The van der Waals surface area contributed by atoms with Gasteiger partial charge in [-0.05, 0) is 43.2 Å². The Labute approximate surface area is 174 Å². The molecule has 6 nitrogen and oxygen atoms in total. The van der Waals surface area contributed by atoms with Gasteiger partial charge < -0.3 is 10.1 Å². The van der Waals surface area contributed by atoms with Crippen LogP contribution in [-0.4, -0.2) is 34.2 Å². The molecule has 0 fully saturated rings. The predicted octanol–water partition coefficient (Wildman–Crippen LogP) is 3.76. The molecule has 1 amide bonds. The summed E-state index contributed by atoms with van der Waals surface area (Å²) in [6.07, 6.45) is 0.